The molecule has 0 spiro atoms. The van der Waals surface area contributed by atoms with Gasteiger partial charge in [0.1, 0.15) is 6.61 Å². The Kier molecular flexibility index (Phi) is 6.14. The summed E-state index contributed by atoms with van der Waals surface area (Å²) in [6.07, 6.45) is 3.10. The number of hydrogen-bond donors (Lipinski definition) is 2. The van der Waals surface area contributed by atoms with Crippen LogP contribution in [-0.4, -0.2) is 18.4 Å². The van der Waals surface area contributed by atoms with Crippen molar-refractivity contribution < 1.29 is 14.3 Å². The van der Waals surface area contributed by atoms with Crippen molar-refractivity contribution >= 4 is 23.6 Å². The summed E-state index contributed by atoms with van der Waals surface area (Å²) in [5.74, 6) is -0.0784. The second-order valence-electron chi connectivity index (χ2n) is 5.25. The van der Waals surface area contributed by atoms with Gasteiger partial charge in [-0.3, -0.25) is 4.79 Å². The number of ketones is 1. The molecule has 2 aromatic rings. The van der Waals surface area contributed by atoms with E-state index in [2.05, 4.69) is 5.32 Å². The molecule has 0 heterocycles. The average molecular weight is 324 g/mol. The van der Waals surface area contributed by atoms with Gasteiger partial charge in [-0.25, -0.2) is 4.79 Å². The Bertz CT molecular complexity index is 740. The maximum atomic E-state index is 11.6. The zero-order valence-electron chi connectivity index (χ0n) is 13.5. The predicted octanol–water partition coefficient (Wildman–Crippen LogP) is 3.41. The number of carbonyl (C=O) groups excluding carboxylic acids is 2. The van der Waals surface area contributed by atoms with Crippen molar-refractivity contribution in [3.63, 3.8) is 0 Å². The lowest BCUT2D eigenvalue weighted by molar-refractivity contribution is 0.101. The van der Waals surface area contributed by atoms with E-state index < -0.39 is 6.09 Å². The minimum atomic E-state index is -0.481. The Hall–Kier alpha value is -3.08. The molecule has 0 atom stereocenters. The highest BCUT2D eigenvalue weighted by Gasteiger charge is 2.04. The number of alkyl carbamates (subject to hydrolysis) is 1. The van der Waals surface area contributed by atoms with Gasteiger partial charge in [-0.05, 0) is 30.2 Å². The Balaban J connectivity index is 1.79. The number of nitrogen functional groups attached to an aromatic ring is 1. The lowest BCUT2D eigenvalue weighted by Crippen LogP contribution is -2.24. The molecule has 0 aliphatic heterocycles. The van der Waals surface area contributed by atoms with Gasteiger partial charge in [0.2, 0.25) is 0 Å². The Morgan fingerprint density at radius 1 is 1.17 bits per heavy atom. The number of rotatable bonds is 6. The van der Waals surface area contributed by atoms with Crippen LogP contribution in [0.3, 0.4) is 0 Å². The van der Waals surface area contributed by atoms with Crippen molar-refractivity contribution in [2.75, 3.05) is 12.3 Å². The summed E-state index contributed by atoms with van der Waals surface area (Å²) < 4.78 is 5.10. The quantitative estimate of drug-likeness (QED) is 0.630. The fraction of sp³-hybridized carbons (Fsp3) is 0.158. The van der Waals surface area contributed by atoms with Crippen LogP contribution in [0.2, 0.25) is 0 Å². The average Bonchev–Trinajstić information content (AvgIpc) is 2.59. The number of ether oxygens (including phenoxy) is 1. The van der Waals surface area contributed by atoms with E-state index in [1.165, 1.54) is 6.92 Å². The minimum Gasteiger partial charge on any atom is -0.445 e. The predicted molar refractivity (Wildman–Crippen MR) is 94.5 cm³/mol. The maximum Gasteiger partial charge on any atom is 0.407 e. The van der Waals surface area contributed by atoms with Crippen molar-refractivity contribution in [3.05, 3.63) is 71.3 Å². The molecule has 0 unspecified atom stereocenters. The highest BCUT2D eigenvalue weighted by molar-refractivity contribution is 5.99. The van der Waals surface area contributed by atoms with E-state index in [1.807, 2.05) is 42.5 Å². The molecule has 0 aliphatic rings. The number of nitrogens with one attached hydrogen (secondary N) is 1. The molecule has 0 bridgehead atoms. The molecule has 2 rings (SSSR count). The van der Waals surface area contributed by atoms with Crippen LogP contribution in [0.25, 0.3) is 6.08 Å². The number of carbonyl (C=O) groups is 2. The smallest absolute Gasteiger partial charge is 0.407 e. The number of hydrogen-bond acceptors (Lipinski definition) is 4. The third kappa shape index (κ3) is 5.28. The lowest BCUT2D eigenvalue weighted by atomic mass is 10.1. The number of nitrogens with two attached hydrogens (primary N) is 1. The zero-order chi connectivity index (χ0) is 17.4. The normalized spacial score (nSPS) is 10.5. The monoisotopic (exact) mass is 324 g/mol. The van der Waals surface area contributed by atoms with Gasteiger partial charge in [-0.2, -0.15) is 0 Å². The molecule has 5 nitrogen and oxygen atoms in total. The minimum absolute atomic E-state index is 0.0784. The largest absolute Gasteiger partial charge is 0.445 e. The molecule has 3 N–H and O–H groups in total. The van der Waals surface area contributed by atoms with Gasteiger partial charge in [0, 0.05) is 17.8 Å². The van der Waals surface area contributed by atoms with Gasteiger partial charge in [0.25, 0.3) is 0 Å². The van der Waals surface area contributed by atoms with Crippen LogP contribution < -0.4 is 11.1 Å². The Morgan fingerprint density at radius 3 is 2.62 bits per heavy atom. The van der Waals surface area contributed by atoms with Crippen LogP contribution in [0, 0.1) is 0 Å². The molecular weight excluding hydrogens is 304 g/mol. The molecule has 0 aliphatic carbocycles. The second-order valence-corrected chi connectivity index (χ2v) is 5.25. The molecule has 5 heteroatoms. The third-order valence-corrected chi connectivity index (χ3v) is 3.34. The van der Waals surface area contributed by atoms with E-state index in [9.17, 15) is 9.59 Å². The number of anilines is 1. The van der Waals surface area contributed by atoms with Crippen molar-refractivity contribution in [2.45, 2.75) is 13.5 Å². The summed E-state index contributed by atoms with van der Waals surface area (Å²) in [5.41, 5.74) is 8.47. The summed E-state index contributed by atoms with van der Waals surface area (Å²) in [5, 5.41) is 2.63. The van der Waals surface area contributed by atoms with Crippen molar-refractivity contribution in [1.82, 2.24) is 5.32 Å². The SMILES string of the molecule is CC(=O)c1cc(C=CCNC(=O)OCc2ccccc2)ccc1N. The van der Waals surface area contributed by atoms with E-state index in [-0.39, 0.29) is 12.4 Å². The lowest BCUT2D eigenvalue weighted by Gasteiger charge is -2.05. The summed E-state index contributed by atoms with van der Waals surface area (Å²) in [6, 6.07) is 14.7. The van der Waals surface area contributed by atoms with Crippen LogP contribution >= 0.6 is 0 Å². The van der Waals surface area contributed by atoms with Crippen LogP contribution in [0.1, 0.15) is 28.4 Å². The van der Waals surface area contributed by atoms with Gasteiger partial charge in [-0.1, -0.05) is 48.6 Å². The highest BCUT2D eigenvalue weighted by atomic mass is 16.5. The van der Waals surface area contributed by atoms with Gasteiger partial charge in [0.15, 0.2) is 5.78 Å². The van der Waals surface area contributed by atoms with Crippen LogP contribution in [0.4, 0.5) is 10.5 Å². The van der Waals surface area contributed by atoms with E-state index in [0.717, 1.165) is 11.1 Å². The van der Waals surface area contributed by atoms with Crippen molar-refractivity contribution in [1.29, 1.82) is 0 Å². The summed E-state index contributed by atoms with van der Waals surface area (Å²) in [4.78, 5) is 23.0. The summed E-state index contributed by atoms with van der Waals surface area (Å²) in [7, 11) is 0. The van der Waals surface area contributed by atoms with Crippen LogP contribution in [-0.2, 0) is 11.3 Å². The molecule has 0 radical (unpaired) electrons. The maximum absolute atomic E-state index is 11.6. The molecule has 0 fully saturated rings. The molecule has 0 saturated heterocycles. The molecule has 24 heavy (non-hydrogen) atoms. The Labute approximate surface area is 141 Å². The van der Waals surface area contributed by atoms with E-state index in [0.29, 0.717) is 17.8 Å². The fourth-order valence-corrected chi connectivity index (χ4v) is 2.09. The number of Topliss-reactive ketones (excluding diaryl/α,β-unsaturated/α-hetero) is 1. The first kappa shape index (κ1) is 17.3. The molecule has 0 saturated carbocycles. The Morgan fingerprint density at radius 2 is 1.92 bits per heavy atom. The van der Waals surface area contributed by atoms with Gasteiger partial charge in [-0.15, -0.1) is 0 Å². The number of amides is 1. The van der Waals surface area contributed by atoms with E-state index in [4.69, 9.17) is 10.5 Å². The first-order chi connectivity index (χ1) is 11.6. The van der Waals surface area contributed by atoms with Crippen LogP contribution in [0.15, 0.2) is 54.6 Å². The van der Waals surface area contributed by atoms with Crippen LogP contribution in [0.5, 0.6) is 0 Å². The summed E-state index contributed by atoms with van der Waals surface area (Å²) in [6.45, 7) is 2.03. The van der Waals surface area contributed by atoms with Gasteiger partial charge >= 0.3 is 6.09 Å². The molecular formula is C19H20N2O3. The summed E-state index contributed by atoms with van der Waals surface area (Å²) >= 11 is 0. The first-order valence-corrected chi connectivity index (χ1v) is 7.58. The fourth-order valence-electron chi connectivity index (χ4n) is 2.09. The molecule has 124 valence electrons. The molecule has 1 amide bonds. The second kappa shape index (κ2) is 8.53. The molecule has 2 aromatic carbocycles. The first-order valence-electron chi connectivity index (χ1n) is 7.58. The van der Waals surface area contributed by atoms with E-state index in [1.54, 1.807) is 18.2 Å². The van der Waals surface area contributed by atoms with Gasteiger partial charge in [0.05, 0.1) is 0 Å². The zero-order valence-corrected chi connectivity index (χ0v) is 13.5. The molecule has 0 aromatic heterocycles. The van der Waals surface area contributed by atoms with Crippen molar-refractivity contribution in [2.24, 2.45) is 0 Å². The topological polar surface area (TPSA) is 81.4 Å². The third-order valence-electron chi connectivity index (χ3n) is 3.34. The number of benzene rings is 2. The highest BCUT2D eigenvalue weighted by Crippen LogP contribution is 2.15. The van der Waals surface area contributed by atoms with E-state index >= 15 is 0 Å². The standard InChI is InChI=1S/C19H20N2O3/c1-14(22)17-12-15(9-10-18(17)20)8-5-11-21-19(23)24-13-16-6-3-2-4-7-16/h2-10,12H,11,13,20H2,1H3,(H,21,23). The van der Waals surface area contributed by atoms with Gasteiger partial charge < -0.3 is 15.8 Å². The van der Waals surface area contributed by atoms with Crippen molar-refractivity contribution in [3.8, 4) is 0 Å².